The summed E-state index contributed by atoms with van der Waals surface area (Å²) in [6.07, 6.45) is 0.792. The van der Waals surface area contributed by atoms with Crippen molar-refractivity contribution in [3.8, 4) is 22.6 Å². The molecule has 0 unspecified atom stereocenters. The van der Waals surface area contributed by atoms with Gasteiger partial charge in [0, 0.05) is 5.02 Å². The molecule has 0 aliphatic carbocycles. The lowest BCUT2D eigenvalue weighted by molar-refractivity contribution is 0.111. The van der Waals surface area contributed by atoms with Crippen molar-refractivity contribution in [3.63, 3.8) is 0 Å². The van der Waals surface area contributed by atoms with Crippen LogP contribution in [0.2, 0.25) is 5.02 Å². The van der Waals surface area contributed by atoms with Gasteiger partial charge in [-0.15, -0.1) is 0 Å². The molecule has 26 heavy (non-hydrogen) atoms. The number of carbonyl (C=O) groups is 1. The van der Waals surface area contributed by atoms with Gasteiger partial charge in [-0.1, -0.05) is 29.8 Å². The Kier molecular flexibility index (Phi) is 5.29. The predicted octanol–water partition coefficient (Wildman–Crippen LogP) is 5.72. The molecule has 0 atom stereocenters. The fraction of sp³-hybridized carbons (Fsp3) is 0.136. The average molecular weight is 367 g/mol. The van der Waals surface area contributed by atoms with Gasteiger partial charge in [-0.3, -0.25) is 4.79 Å². The van der Waals surface area contributed by atoms with E-state index in [1.807, 2.05) is 44.2 Å². The lowest BCUT2D eigenvalue weighted by Crippen LogP contribution is -1.98. The van der Waals surface area contributed by atoms with Gasteiger partial charge in [-0.2, -0.15) is 0 Å². The molecule has 132 valence electrons. The zero-order valence-electron chi connectivity index (χ0n) is 14.6. The number of phenols is 1. The third-order valence-corrected chi connectivity index (χ3v) is 4.52. The molecule has 3 rings (SSSR count). The van der Waals surface area contributed by atoms with Crippen LogP contribution in [0.15, 0.2) is 54.6 Å². The highest BCUT2D eigenvalue weighted by Gasteiger charge is 2.09. The highest BCUT2D eigenvalue weighted by Crippen LogP contribution is 2.31. The number of ether oxygens (including phenoxy) is 1. The Hall–Kier alpha value is -2.78. The summed E-state index contributed by atoms with van der Waals surface area (Å²) in [7, 11) is 0. The van der Waals surface area contributed by atoms with Crippen LogP contribution in [-0.2, 0) is 6.61 Å². The Morgan fingerprint density at radius 1 is 0.962 bits per heavy atom. The van der Waals surface area contributed by atoms with Gasteiger partial charge in [-0.05, 0) is 78.1 Å². The fourth-order valence-electron chi connectivity index (χ4n) is 2.82. The Balaban J connectivity index is 1.86. The van der Waals surface area contributed by atoms with Crippen molar-refractivity contribution in [2.24, 2.45) is 0 Å². The van der Waals surface area contributed by atoms with E-state index in [1.165, 1.54) is 0 Å². The molecule has 0 radical (unpaired) electrons. The zero-order valence-corrected chi connectivity index (χ0v) is 15.4. The number of rotatable bonds is 5. The van der Waals surface area contributed by atoms with Crippen molar-refractivity contribution in [2.45, 2.75) is 20.5 Å². The van der Waals surface area contributed by atoms with Crippen LogP contribution in [0.4, 0.5) is 0 Å². The normalized spacial score (nSPS) is 10.6. The van der Waals surface area contributed by atoms with Crippen LogP contribution in [-0.4, -0.2) is 11.4 Å². The van der Waals surface area contributed by atoms with E-state index in [1.54, 1.807) is 24.3 Å². The molecule has 0 saturated heterocycles. The van der Waals surface area contributed by atoms with Crippen molar-refractivity contribution in [1.29, 1.82) is 0 Å². The van der Waals surface area contributed by atoms with Crippen LogP contribution in [0.5, 0.6) is 11.5 Å². The molecule has 4 heteroatoms. The molecule has 1 N–H and O–H groups in total. The standard InChI is InChI=1S/C22H19ClO3/c1-14-9-18(10-15(2)22(14)25)17-5-8-21(19(11-17)12-24)26-13-16-3-6-20(23)7-4-16/h3-12,25H,13H2,1-2H3. The molecule has 0 aliphatic rings. The molecule has 0 amide bonds. The number of hydrogen-bond acceptors (Lipinski definition) is 3. The second-order valence-corrected chi connectivity index (χ2v) is 6.68. The highest BCUT2D eigenvalue weighted by molar-refractivity contribution is 6.30. The maximum Gasteiger partial charge on any atom is 0.153 e. The van der Waals surface area contributed by atoms with Gasteiger partial charge in [0.2, 0.25) is 0 Å². The molecule has 0 aromatic heterocycles. The van der Waals surface area contributed by atoms with Crippen molar-refractivity contribution >= 4 is 17.9 Å². The van der Waals surface area contributed by atoms with Gasteiger partial charge in [0.1, 0.15) is 18.1 Å². The SMILES string of the molecule is Cc1cc(-c2ccc(OCc3ccc(Cl)cc3)c(C=O)c2)cc(C)c1O. The van der Waals surface area contributed by atoms with Crippen LogP contribution < -0.4 is 4.74 Å². The average Bonchev–Trinajstić information content (AvgIpc) is 2.65. The van der Waals surface area contributed by atoms with E-state index in [4.69, 9.17) is 16.3 Å². The summed E-state index contributed by atoms with van der Waals surface area (Å²) in [6.45, 7) is 4.07. The summed E-state index contributed by atoms with van der Waals surface area (Å²) in [6, 6.07) is 16.7. The molecular weight excluding hydrogens is 348 g/mol. The van der Waals surface area contributed by atoms with Crippen molar-refractivity contribution < 1.29 is 14.6 Å². The number of carbonyl (C=O) groups excluding carboxylic acids is 1. The molecule has 0 heterocycles. The number of aryl methyl sites for hydroxylation is 2. The van der Waals surface area contributed by atoms with Gasteiger partial charge in [-0.25, -0.2) is 0 Å². The van der Waals surface area contributed by atoms with Crippen LogP contribution in [0.25, 0.3) is 11.1 Å². The van der Waals surface area contributed by atoms with Gasteiger partial charge in [0.05, 0.1) is 5.56 Å². The summed E-state index contributed by atoms with van der Waals surface area (Å²) in [5, 5.41) is 10.6. The van der Waals surface area contributed by atoms with Gasteiger partial charge >= 0.3 is 0 Å². The minimum Gasteiger partial charge on any atom is -0.507 e. The number of halogens is 1. The number of aldehydes is 1. The van der Waals surface area contributed by atoms with E-state index < -0.39 is 0 Å². The monoisotopic (exact) mass is 366 g/mol. The molecule has 0 aliphatic heterocycles. The van der Waals surface area contributed by atoms with Crippen molar-refractivity contribution in [3.05, 3.63) is 81.9 Å². The first kappa shape index (κ1) is 18.0. The molecule has 3 aromatic rings. The van der Waals surface area contributed by atoms with E-state index in [9.17, 15) is 9.90 Å². The summed E-state index contributed by atoms with van der Waals surface area (Å²) >= 11 is 5.88. The minimum absolute atomic E-state index is 0.298. The molecule has 0 bridgehead atoms. The number of hydrogen-bond donors (Lipinski definition) is 1. The summed E-state index contributed by atoms with van der Waals surface area (Å²) in [5.41, 5.74) is 4.91. The minimum atomic E-state index is 0.298. The van der Waals surface area contributed by atoms with E-state index in [-0.39, 0.29) is 0 Å². The van der Waals surface area contributed by atoms with Gasteiger partial charge < -0.3 is 9.84 Å². The third-order valence-electron chi connectivity index (χ3n) is 4.27. The predicted molar refractivity (Wildman–Crippen MR) is 104 cm³/mol. The Bertz CT molecular complexity index is 923. The molecule has 0 spiro atoms. The quantitative estimate of drug-likeness (QED) is 0.587. The molecule has 0 fully saturated rings. The smallest absolute Gasteiger partial charge is 0.153 e. The fourth-order valence-corrected chi connectivity index (χ4v) is 2.94. The summed E-state index contributed by atoms with van der Waals surface area (Å²) < 4.78 is 5.80. The van der Waals surface area contributed by atoms with Gasteiger partial charge in [0.25, 0.3) is 0 Å². The lowest BCUT2D eigenvalue weighted by atomic mass is 9.98. The van der Waals surface area contributed by atoms with Crippen LogP contribution in [0.1, 0.15) is 27.0 Å². The third kappa shape index (κ3) is 3.89. The maximum atomic E-state index is 11.5. The summed E-state index contributed by atoms with van der Waals surface area (Å²) in [5.74, 6) is 0.832. The van der Waals surface area contributed by atoms with Crippen LogP contribution in [0, 0.1) is 13.8 Å². The summed E-state index contributed by atoms with van der Waals surface area (Å²) in [4.78, 5) is 11.5. The molecule has 3 aromatic carbocycles. The first-order valence-electron chi connectivity index (χ1n) is 8.25. The number of aromatic hydroxyl groups is 1. The molecular formula is C22H19ClO3. The lowest BCUT2D eigenvalue weighted by Gasteiger charge is -2.12. The van der Waals surface area contributed by atoms with Crippen LogP contribution in [0.3, 0.4) is 0 Å². The number of phenolic OH excluding ortho intramolecular Hbond substituents is 1. The largest absolute Gasteiger partial charge is 0.507 e. The Morgan fingerprint density at radius 3 is 2.23 bits per heavy atom. The zero-order chi connectivity index (χ0) is 18.7. The second kappa shape index (κ2) is 7.63. The first-order chi connectivity index (χ1) is 12.5. The molecule has 3 nitrogen and oxygen atoms in total. The van der Waals surface area contributed by atoms with E-state index in [0.717, 1.165) is 34.1 Å². The molecule has 0 saturated carbocycles. The Morgan fingerprint density at radius 2 is 1.62 bits per heavy atom. The number of benzene rings is 3. The maximum absolute atomic E-state index is 11.5. The van der Waals surface area contributed by atoms with E-state index in [0.29, 0.717) is 28.7 Å². The highest BCUT2D eigenvalue weighted by atomic mass is 35.5. The Labute approximate surface area is 157 Å². The second-order valence-electron chi connectivity index (χ2n) is 6.24. The first-order valence-corrected chi connectivity index (χ1v) is 8.63. The van der Waals surface area contributed by atoms with Crippen LogP contribution >= 0.6 is 11.6 Å². The van der Waals surface area contributed by atoms with Crippen molar-refractivity contribution in [2.75, 3.05) is 0 Å². The van der Waals surface area contributed by atoms with E-state index >= 15 is 0 Å². The van der Waals surface area contributed by atoms with Gasteiger partial charge in [0.15, 0.2) is 6.29 Å². The van der Waals surface area contributed by atoms with E-state index in [2.05, 4.69) is 0 Å². The van der Waals surface area contributed by atoms with Crippen molar-refractivity contribution in [1.82, 2.24) is 0 Å². The topological polar surface area (TPSA) is 46.5 Å².